The molecule has 0 radical (unpaired) electrons. The van der Waals surface area contributed by atoms with E-state index in [0.717, 1.165) is 0 Å². The van der Waals surface area contributed by atoms with Crippen LogP contribution in [0.1, 0.15) is 0 Å². The Bertz CT molecular complexity index is 206. The van der Waals surface area contributed by atoms with Gasteiger partial charge in [-0.15, -0.1) is 0 Å². The van der Waals surface area contributed by atoms with Crippen LogP contribution in [0.15, 0.2) is 0 Å². The minimum atomic E-state index is 0. The summed E-state index contributed by atoms with van der Waals surface area (Å²) < 4.78 is 0. The fraction of sp³-hybridized carbons (Fsp3) is 0.714. The summed E-state index contributed by atoms with van der Waals surface area (Å²) in [5.74, 6) is 3.13. The molecule has 0 aromatic heterocycles. The van der Waals surface area contributed by atoms with Crippen molar-refractivity contribution in [2.24, 2.45) is 0 Å². The van der Waals surface area contributed by atoms with Gasteiger partial charge in [0.1, 0.15) is 0 Å². The molecule has 0 aromatic carbocycles. The van der Waals surface area contributed by atoms with E-state index < -0.39 is 0 Å². The fourth-order valence-electron chi connectivity index (χ4n) is 1.41. The Morgan fingerprint density at radius 3 is 0.500 bits per heavy atom. The quantitative estimate of drug-likeness (QED) is 0.317. The molecular weight excluding hydrogens is 738 g/mol. The first-order chi connectivity index (χ1) is 10.3. The molecule has 0 N–H and O–H groups in total. The second-order valence-corrected chi connectivity index (χ2v) is 17.7. The molecule has 24 heavy (non-hydrogen) atoms. The third kappa shape index (κ3) is 137. The average Bonchev–Trinajstić information content (AvgIpc) is 2.45. The van der Waals surface area contributed by atoms with Crippen LogP contribution in [0, 0.1) is 47.3 Å². The number of hydrogen-bond donors (Lipinski definition) is 0. The van der Waals surface area contributed by atoms with Gasteiger partial charge in [0, 0.05) is 127 Å². The van der Waals surface area contributed by atoms with Crippen LogP contribution in [-0.4, -0.2) is 65.1 Å². The van der Waals surface area contributed by atoms with Crippen LogP contribution >= 0.6 is 31.7 Å². The van der Waals surface area contributed by atoms with Crippen molar-refractivity contribution in [3.8, 4) is 0 Å². The maximum atomic E-state index is 6.25. The largest absolute Gasteiger partial charge is 0.512 e. The van der Waals surface area contributed by atoms with E-state index >= 15 is 0 Å². The van der Waals surface area contributed by atoms with Crippen molar-refractivity contribution in [2.45, 2.75) is 0 Å². The van der Waals surface area contributed by atoms with Gasteiger partial charge in [0.05, 0.1) is 0 Å². The molecule has 0 fully saturated rings. The van der Waals surface area contributed by atoms with Crippen molar-refractivity contribution in [3.63, 3.8) is 0 Å². The molecule has 0 rings (SSSR count). The molecule has 0 atom stereocenters. The van der Waals surface area contributed by atoms with Gasteiger partial charge in [0.2, 0.25) is 0 Å². The van der Waals surface area contributed by atoms with Gasteiger partial charge in [0.15, 0.2) is 11.8 Å². The van der Waals surface area contributed by atoms with Crippen molar-refractivity contribution in [1.29, 1.82) is 21.0 Å². The molecular formula is C14H32N4P4Pt2. The van der Waals surface area contributed by atoms with Gasteiger partial charge in [-0.05, 0) is 0 Å². The number of rotatable bonds is 4. The second-order valence-electron chi connectivity index (χ2n) is 5.18. The van der Waals surface area contributed by atoms with Crippen LogP contribution in [-0.2, 0) is 42.1 Å². The molecule has 0 amide bonds. The molecule has 0 spiro atoms. The first kappa shape index (κ1) is 49.8. The van der Waals surface area contributed by atoms with Crippen LogP contribution < -0.4 is 0 Å². The predicted molar refractivity (Wildman–Crippen MR) is 110 cm³/mol. The van der Waals surface area contributed by atoms with Crippen LogP contribution in [0.2, 0.25) is 0 Å². The third-order valence-corrected chi connectivity index (χ3v) is 12.7. The molecule has 148 valence electrons. The molecule has 0 aliphatic rings. The van der Waals surface area contributed by atoms with E-state index in [9.17, 15) is 0 Å². The van der Waals surface area contributed by atoms with Crippen molar-refractivity contribution in [3.05, 3.63) is 26.3 Å². The number of nitrogens with zero attached hydrogens (tertiary/aromatic N) is 4. The topological polar surface area (TPSA) is 95.2 Å². The minimum Gasteiger partial charge on any atom is -0.512 e. The molecule has 0 heterocycles. The van der Waals surface area contributed by atoms with Gasteiger partial charge < -0.3 is 47.3 Å². The molecule has 0 aliphatic heterocycles. The summed E-state index contributed by atoms with van der Waals surface area (Å²) in [6.07, 6.45) is 0. The first-order valence-corrected chi connectivity index (χ1v) is 17.1. The van der Waals surface area contributed by atoms with E-state index in [4.69, 9.17) is 47.3 Å². The van der Waals surface area contributed by atoms with Gasteiger partial charge in [-0.2, -0.15) is 0 Å². The Morgan fingerprint density at radius 2 is 0.500 bits per heavy atom. The minimum absolute atomic E-state index is 0. The summed E-state index contributed by atoms with van der Waals surface area (Å²) in [6, 6.07) is 0. The fourth-order valence-corrected chi connectivity index (χ4v) is 12.7. The summed E-state index contributed by atoms with van der Waals surface area (Å²) in [5.41, 5.74) is 0. The summed E-state index contributed by atoms with van der Waals surface area (Å²) in [5, 5.41) is 25.0. The molecule has 10 heteroatoms. The third-order valence-electron chi connectivity index (χ3n) is 1.41. The molecule has 0 saturated heterocycles. The Balaban J connectivity index is -0.0000000237. The SMILES string of the molecule is C[PH+](C)C[PH+](C)C.C[PH+](C)C[PH+](C)C.[C-]#N.[C-]#N.[C-]#N.[C-]#N.[Pt].[Pt]. The van der Waals surface area contributed by atoms with Crippen LogP contribution in [0.4, 0.5) is 0 Å². The van der Waals surface area contributed by atoms with E-state index in [2.05, 4.69) is 53.3 Å². The van der Waals surface area contributed by atoms with Crippen molar-refractivity contribution in [2.75, 3.05) is 65.1 Å². The number of hydrogen-bond acceptors (Lipinski definition) is 4. The van der Waals surface area contributed by atoms with E-state index in [0.29, 0.717) is 0 Å². The Labute approximate surface area is 185 Å². The van der Waals surface area contributed by atoms with Crippen molar-refractivity contribution in [1.82, 2.24) is 0 Å². The predicted octanol–water partition coefficient (Wildman–Crippen LogP) is 4.16. The zero-order valence-electron chi connectivity index (χ0n) is 15.8. The Morgan fingerprint density at radius 1 is 0.417 bits per heavy atom. The zero-order valence-corrected chi connectivity index (χ0v) is 24.4. The van der Waals surface area contributed by atoms with Gasteiger partial charge in [-0.3, -0.25) is 0 Å². The second kappa shape index (κ2) is 56.4. The molecule has 0 saturated carbocycles. The van der Waals surface area contributed by atoms with Gasteiger partial charge in [-0.1, -0.05) is 0 Å². The van der Waals surface area contributed by atoms with E-state index in [1.165, 1.54) is 0 Å². The van der Waals surface area contributed by atoms with Gasteiger partial charge >= 0.3 is 0 Å². The van der Waals surface area contributed by atoms with Crippen LogP contribution in [0.3, 0.4) is 0 Å². The zero-order chi connectivity index (χ0) is 19.7. The summed E-state index contributed by atoms with van der Waals surface area (Å²) in [6.45, 7) is 38.1. The summed E-state index contributed by atoms with van der Waals surface area (Å²) in [7, 11) is 0.444. The summed E-state index contributed by atoms with van der Waals surface area (Å²) in [4.78, 5) is 0. The molecule has 0 aromatic rings. The smallest absolute Gasteiger partial charge is 0.154 e. The van der Waals surface area contributed by atoms with Crippen molar-refractivity contribution < 1.29 is 42.1 Å². The normalized spacial score (nSPS) is 6.83. The molecule has 0 unspecified atom stereocenters. The maximum absolute atomic E-state index is 6.25. The first-order valence-electron chi connectivity index (χ1n) is 6.31. The van der Waals surface area contributed by atoms with Gasteiger partial charge in [0.25, 0.3) is 0 Å². The van der Waals surface area contributed by atoms with Crippen LogP contribution in [0.5, 0.6) is 0 Å². The van der Waals surface area contributed by atoms with Crippen molar-refractivity contribution >= 4 is 31.7 Å². The van der Waals surface area contributed by atoms with Gasteiger partial charge in [-0.25, -0.2) is 0 Å². The summed E-state index contributed by atoms with van der Waals surface area (Å²) >= 11 is 0. The Hall–Kier alpha value is 1.06. The monoisotopic (exact) mass is 770 g/mol. The molecule has 0 bridgehead atoms. The molecule has 4 nitrogen and oxygen atoms in total. The Kier molecular flexibility index (Phi) is 117. The van der Waals surface area contributed by atoms with Crippen LogP contribution in [0.25, 0.3) is 0 Å². The van der Waals surface area contributed by atoms with E-state index in [1.807, 2.05) is 0 Å². The maximum Gasteiger partial charge on any atom is 0.154 e. The van der Waals surface area contributed by atoms with E-state index in [1.54, 1.807) is 11.8 Å². The average molecular weight is 770 g/mol. The van der Waals surface area contributed by atoms with E-state index in [-0.39, 0.29) is 73.8 Å². The molecule has 0 aliphatic carbocycles. The standard InChI is InChI=1S/2C5H14P2.4CN.2Pt/c2*1-6(2)5-7(3)4;4*1-2;;/h2*5H2,1-4H3;;;;;;/q;;4*-1;;/p+4.